The molecule has 6 nitrogen and oxygen atoms in total. The van der Waals surface area contributed by atoms with E-state index in [2.05, 4.69) is 10.1 Å². The number of halogens is 3. The van der Waals surface area contributed by atoms with Crippen molar-refractivity contribution in [3.8, 4) is 11.5 Å². The second-order valence-corrected chi connectivity index (χ2v) is 9.49. The number of ether oxygens (including phenoxy) is 2. The number of amides is 2. The summed E-state index contributed by atoms with van der Waals surface area (Å²) in [6.45, 7) is -0.453. The third-order valence-corrected chi connectivity index (χ3v) is 7.39. The Morgan fingerprint density at radius 1 is 1.09 bits per heavy atom. The number of anilines is 1. The minimum atomic E-state index is -4.79. The van der Waals surface area contributed by atoms with Crippen molar-refractivity contribution >= 4 is 41.0 Å². The standard InChI is InChI=1S/C21H21F3N2O4S2/c1-26(12-18(27)25-14-6-8-15(9-7-14)30-21(22,23)24)19(28)13-29-17-5-3-2-4-16(17)20-31-10-11-32-20/h2-9,20H,10-13H2,1H3,(H,25,27). The Morgan fingerprint density at radius 2 is 1.75 bits per heavy atom. The summed E-state index contributed by atoms with van der Waals surface area (Å²) in [6, 6.07) is 12.3. The maximum atomic E-state index is 12.4. The minimum absolute atomic E-state index is 0.216. The molecular formula is C21H21F3N2O4S2. The number of likely N-dealkylation sites (N-methyl/N-ethyl adjacent to an activating group) is 1. The number of carbonyl (C=O) groups excluding carboxylic acids is 2. The number of hydrogen-bond acceptors (Lipinski definition) is 6. The molecule has 1 aliphatic rings. The Morgan fingerprint density at radius 3 is 2.41 bits per heavy atom. The number of rotatable bonds is 8. The second-order valence-electron chi connectivity index (χ2n) is 6.77. The van der Waals surface area contributed by atoms with Crippen LogP contribution in [-0.4, -0.2) is 54.8 Å². The Kier molecular flexibility index (Phi) is 8.19. The van der Waals surface area contributed by atoms with E-state index in [1.807, 2.05) is 47.8 Å². The lowest BCUT2D eigenvalue weighted by Gasteiger charge is -2.19. The van der Waals surface area contributed by atoms with Crippen molar-refractivity contribution in [2.24, 2.45) is 0 Å². The third-order valence-electron chi connectivity index (χ3n) is 4.32. The molecule has 2 aromatic carbocycles. The van der Waals surface area contributed by atoms with E-state index < -0.39 is 18.0 Å². The Balaban J connectivity index is 1.48. The molecule has 0 bridgehead atoms. The molecule has 0 radical (unpaired) electrons. The number of alkyl halides is 3. The molecule has 32 heavy (non-hydrogen) atoms. The van der Waals surface area contributed by atoms with E-state index in [1.54, 1.807) is 0 Å². The van der Waals surface area contributed by atoms with Gasteiger partial charge in [0, 0.05) is 29.8 Å². The van der Waals surface area contributed by atoms with E-state index in [-0.39, 0.29) is 29.3 Å². The predicted octanol–water partition coefficient (Wildman–Crippen LogP) is 4.54. The maximum Gasteiger partial charge on any atom is 0.573 e. The summed E-state index contributed by atoms with van der Waals surface area (Å²) in [7, 11) is 1.47. The molecule has 1 N–H and O–H groups in total. The van der Waals surface area contributed by atoms with Crippen molar-refractivity contribution in [1.29, 1.82) is 0 Å². The van der Waals surface area contributed by atoms with E-state index in [0.717, 1.165) is 29.2 Å². The van der Waals surface area contributed by atoms with E-state index in [9.17, 15) is 22.8 Å². The molecular weight excluding hydrogens is 465 g/mol. The molecule has 2 aromatic rings. The third kappa shape index (κ3) is 7.27. The van der Waals surface area contributed by atoms with E-state index in [4.69, 9.17) is 4.74 Å². The first kappa shape index (κ1) is 24.1. The Hall–Kier alpha value is -2.53. The van der Waals surface area contributed by atoms with Gasteiger partial charge in [-0.15, -0.1) is 36.7 Å². The van der Waals surface area contributed by atoms with Crippen molar-refractivity contribution in [1.82, 2.24) is 4.90 Å². The van der Waals surface area contributed by atoms with Crippen molar-refractivity contribution in [2.45, 2.75) is 10.9 Å². The predicted molar refractivity (Wildman–Crippen MR) is 119 cm³/mol. The van der Waals surface area contributed by atoms with Gasteiger partial charge in [0.1, 0.15) is 11.5 Å². The molecule has 0 atom stereocenters. The quantitative estimate of drug-likeness (QED) is 0.591. The highest BCUT2D eigenvalue weighted by Gasteiger charge is 2.31. The van der Waals surface area contributed by atoms with Gasteiger partial charge in [-0.05, 0) is 30.3 Å². The lowest BCUT2D eigenvalue weighted by Crippen LogP contribution is -2.37. The lowest BCUT2D eigenvalue weighted by molar-refractivity contribution is -0.274. The summed E-state index contributed by atoms with van der Waals surface area (Å²) < 4.78 is 46.4. The van der Waals surface area contributed by atoms with Crippen LogP contribution in [0.25, 0.3) is 0 Å². The molecule has 172 valence electrons. The van der Waals surface area contributed by atoms with Crippen LogP contribution in [0.5, 0.6) is 11.5 Å². The first-order valence-corrected chi connectivity index (χ1v) is 11.7. The number of nitrogens with one attached hydrogen (secondary N) is 1. The van der Waals surface area contributed by atoms with Gasteiger partial charge in [-0.2, -0.15) is 0 Å². The first-order chi connectivity index (χ1) is 15.2. The summed E-state index contributed by atoms with van der Waals surface area (Å²) in [4.78, 5) is 25.8. The van der Waals surface area contributed by atoms with Crippen molar-refractivity contribution in [3.05, 3.63) is 54.1 Å². The maximum absolute atomic E-state index is 12.4. The number of nitrogens with zero attached hydrogens (tertiary/aromatic N) is 1. The number of thioether (sulfide) groups is 2. The molecule has 0 unspecified atom stereocenters. The molecule has 1 saturated heterocycles. The lowest BCUT2D eigenvalue weighted by atomic mass is 10.2. The summed E-state index contributed by atoms with van der Waals surface area (Å²) in [5.41, 5.74) is 1.31. The van der Waals surface area contributed by atoms with Gasteiger partial charge in [0.05, 0.1) is 11.1 Å². The molecule has 1 heterocycles. The highest BCUT2D eigenvalue weighted by Crippen LogP contribution is 2.48. The number of hydrogen-bond donors (Lipinski definition) is 1. The smallest absolute Gasteiger partial charge is 0.483 e. The summed E-state index contributed by atoms with van der Waals surface area (Å²) in [5, 5.41) is 2.52. The van der Waals surface area contributed by atoms with Gasteiger partial charge in [0.25, 0.3) is 5.91 Å². The number of carbonyl (C=O) groups is 2. The molecule has 0 saturated carbocycles. The molecule has 0 spiro atoms. The van der Waals surface area contributed by atoms with E-state index in [0.29, 0.717) is 5.75 Å². The fraction of sp³-hybridized carbons (Fsp3) is 0.333. The Bertz CT molecular complexity index is 935. The van der Waals surface area contributed by atoms with Crippen LogP contribution in [0, 0.1) is 0 Å². The van der Waals surface area contributed by atoms with E-state index in [1.165, 1.54) is 24.1 Å². The van der Waals surface area contributed by atoms with Crippen LogP contribution in [0.1, 0.15) is 10.1 Å². The molecule has 0 aliphatic carbocycles. The van der Waals surface area contributed by atoms with Gasteiger partial charge in [0.15, 0.2) is 6.61 Å². The second kappa shape index (κ2) is 10.9. The average molecular weight is 487 g/mol. The highest BCUT2D eigenvalue weighted by atomic mass is 32.2. The average Bonchev–Trinajstić information content (AvgIpc) is 3.27. The molecule has 11 heteroatoms. The van der Waals surface area contributed by atoms with Crippen LogP contribution in [-0.2, 0) is 9.59 Å². The molecule has 0 aromatic heterocycles. The number of benzene rings is 2. The fourth-order valence-corrected chi connectivity index (χ4v) is 5.75. The van der Waals surface area contributed by atoms with Gasteiger partial charge in [-0.25, -0.2) is 0 Å². The first-order valence-electron chi connectivity index (χ1n) is 9.56. The van der Waals surface area contributed by atoms with Crippen LogP contribution < -0.4 is 14.8 Å². The summed E-state index contributed by atoms with van der Waals surface area (Å²) >= 11 is 3.67. The normalized spacial score (nSPS) is 14.1. The SMILES string of the molecule is CN(CC(=O)Nc1ccc(OC(F)(F)F)cc1)C(=O)COc1ccccc1C1SCCS1. The van der Waals surface area contributed by atoms with Crippen LogP contribution in [0.4, 0.5) is 18.9 Å². The van der Waals surface area contributed by atoms with Gasteiger partial charge >= 0.3 is 6.36 Å². The van der Waals surface area contributed by atoms with Crippen molar-refractivity contribution in [2.75, 3.05) is 37.0 Å². The van der Waals surface area contributed by atoms with Gasteiger partial charge < -0.3 is 19.7 Å². The van der Waals surface area contributed by atoms with Crippen molar-refractivity contribution in [3.63, 3.8) is 0 Å². The Labute approximate surface area is 191 Å². The van der Waals surface area contributed by atoms with Crippen LogP contribution >= 0.6 is 23.5 Å². The highest BCUT2D eigenvalue weighted by molar-refractivity contribution is 8.19. The van der Waals surface area contributed by atoms with E-state index >= 15 is 0 Å². The van der Waals surface area contributed by atoms with Gasteiger partial charge in [-0.3, -0.25) is 9.59 Å². The zero-order chi connectivity index (χ0) is 23.1. The molecule has 1 aliphatic heterocycles. The number of para-hydroxylation sites is 1. The topological polar surface area (TPSA) is 67.9 Å². The van der Waals surface area contributed by atoms with Crippen molar-refractivity contribution < 1.29 is 32.2 Å². The monoisotopic (exact) mass is 486 g/mol. The summed E-state index contributed by atoms with van der Waals surface area (Å²) in [5.74, 6) is 1.51. The molecule has 3 rings (SSSR count). The fourth-order valence-electron chi connectivity index (χ4n) is 2.84. The minimum Gasteiger partial charge on any atom is -0.483 e. The molecule has 1 fully saturated rings. The largest absolute Gasteiger partial charge is 0.573 e. The van der Waals surface area contributed by atoms with Crippen LogP contribution in [0.3, 0.4) is 0 Å². The zero-order valence-electron chi connectivity index (χ0n) is 17.1. The summed E-state index contributed by atoms with van der Waals surface area (Å²) in [6.07, 6.45) is -4.79. The zero-order valence-corrected chi connectivity index (χ0v) is 18.7. The van der Waals surface area contributed by atoms with Gasteiger partial charge in [0.2, 0.25) is 5.91 Å². The molecule has 2 amide bonds. The van der Waals surface area contributed by atoms with Crippen LogP contribution in [0.15, 0.2) is 48.5 Å². The van der Waals surface area contributed by atoms with Crippen LogP contribution in [0.2, 0.25) is 0 Å². The van der Waals surface area contributed by atoms with Gasteiger partial charge in [-0.1, -0.05) is 18.2 Å².